The highest BCUT2D eigenvalue weighted by Crippen LogP contribution is 2.23. The second-order valence-corrected chi connectivity index (χ2v) is 4.03. The Hall–Kier alpha value is -2.09. The number of benzene rings is 2. The summed E-state index contributed by atoms with van der Waals surface area (Å²) in [6.45, 7) is 3.00. The molecule has 0 aliphatic carbocycles. The lowest BCUT2D eigenvalue weighted by Crippen LogP contribution is -1.90. The number of imidazole rings is 1. The van der Waals surface area contributed by atoms with Gasteiger partial charge in [-0.2, -0.15) is 0 Å². The van der Waals surface area contributed by atoms with Gasteiger partial charge in [-0.05, 0) is 30.2 Å². The van der Waals surface area contributed by atoms with Gasteiger partial charge in [0.1, 0.15) is 0 Å². The molecule has 1 radical (unpaired) electrons. The van der Waals surface area contributed by atoms with Gasteiger partial charge in [-0.1, -0.05) is 36.4 Å². The predicted octanol–water partition coefficient (Wildman–Crippen LogP) is 3.52. The van der Waals surface area contributed by atoms with Gasteiger partial charge in [0.15, 0.2) is 6.33 Å². The third kappa shape index (κ3) is 1.72. The van der Waals surface area contributed by atoms with Gasteiger partial charge in [-0.3, -0.25) is 0 Å². The molecule has 3 rings (SSSR count). The van der Waals surface area contributed by atoms with Gasteiger partial charge in [0.25, 0.3) is 0 Å². The van der Waals surface area contributed by atoms with Crippen molar-refractivity contribution in [1.82, 2.24) is 9.55 Å². The molecule has 17 heavy (non-hydrogen) atoms. The molecule has 1 heterocycles. The predicted molar refractivity (Wildman–Crippen MR) is 69.7 cm³/mol. The summed E-state index contributed by atoms with van der Waals surface area (Å²) < 4.78 is 2.03. The van der Waals surface area contributed by atoms with Gasteiger partial charge in [-0.25, -0.2) is 4.98 Å². The number of aryl methyl sites for hydroxylation is 1. The van der Waals surface area contributed by atoms with E-state index in [0.29, 0.717) is 0 Å². The standard InChI is InChI=1S/C15H13N2/c1-2-17-11-16-14-10-13(8-9-15(14)17)12-6-4-3-5-7-12/h3-10H,2H2,1H3. The average molecular weight is 221 g/mol. The molecular formula is C15H13N2. The van der Waals surface area contributed by atoms with Crippen molar-refractivity contribution in [3.63, 3.8) is 0 Å². The first-order valence-corrected chi connectivity index (χ1v) is 5.82. The zero-order chi connectivity index (χ0) is 11.7. The van der Waals surface area contributed by atoms with E-state index in [1.54, 1.807) is 0 Å². The van der Waals surface area contributed by atoms with Crippen LogP contribution in [0.4, 0.5) is 0 Å². The summed E-state index contributed by atoms with van der Waals surface area (Å²) in [6.07, 6.45) is 3.01. The van der Waals surface area contributed by atoms with Crippen molar-refractivity contribution in [1.29, 1.82) is 0 Å². The first-order chi connectivity index (χ1) is 8.38. The number of hydrogen-bond donors (Lipinski definition) is 0. The zero-order valence-corrected chi connectivity index (χ0v) is 9.72. The molecule has 2 heteroatoms. The van der Waals surface area contributed by atoms with E-state index >= 15 is 0 Å². The van der Waals surface area contributed by atoms with E-state index in [1.807, 2.05) is 10.6 Å². The molecule has 0 saturated carbocycles. The molecule has 2 nitrogen and oxygen atoms in total. The average Bonchev–Trinajstić information content (AvgIpc) is 2.81. The Morgan fingerprint density at radius 2 is 1.88 bits per heavy atom. The van der Waals surface area contributed by atoms with Crippen LogP contribution < -0.4 is 0 Å². The molecule has 0 spiro atoms. The molecule has 0 fully saturated rings. The van der Waals surface area contributed by atoms with Crippen LogP contribution in [-0.2, 0) is 6.54 Å². The Kier molecular flexibility index (Phi) is 2.41. The lowest BCUT2D eigenvalue weighted by molar-refractivity contribution is 0.780. The first-order valence-electron chi connectivity index (χ1n) is 5.82. The molecule has 0 atom stereocenters. The normalized spacial score (nSPS) is 10.9. The zero-order valence-electron chi connectivity index (χ0n) is 9.72. The van der Waals surface area contributed by atoms with Crippen molar-refractivity contribution < 1.29 is 0 Å². The topological polar surface area (TPSA) is 17.8 Å². The second kappa shape index (κ2) is 4.06. The minimum Gasteiger partial charge on any atom is -0.322 e. The van der Waals surface area contributed by atoms with Crippen LogP contribution in [0.3, 0.4) is 0 Å². The van der Waals surface area contributed by atoms with Gasteiger partial charge in [0.05, 0.1) is 11.0 Å². The van der Waals surface area contributed by atoms with Gasteiger partial charge in [-0.15, -0.1) is 0 Å². The number of aromatic nitrogens is 2. The number of rotatable bonds is 2. The molecule has 0 aliphatic heterocycles. The number of fused-ring (bicyclic) bond motifs is 1. The van der Waals surface area contributed by atoms with Gasteiger partial charge < -0.3 is 4.57 Å². The summed E-state index contributed by atoms with van der Waals surface area (Å²) >= 11 is 0. The highest BCUT2D eigenvalue weighted by atomic mass is 15.0. The highest BCUT2D eigenvalue weighted by Gasteiger charge is 2.03. The van der Waals surface area contributed by atoms with Crippen molar-refractivity contribution in [2.45, 2.75) is 13.5 Å². The fourth-order valence-corrected chi connectivity index (χ4v) is 2.06. The van der Waals surface area contributed by atoms with E-state index in [2.05, 4.69) is 60.7 Å². The molecule has 2 aromatic carbocycles. The maximum absolute atomic E-state index is 4.31. The SMILES string of the molecule is CCn1[c]nc2cc(-c3ccccc3)ccc21. The Bertz CT molecular complexity index is 638. The van der Waals surface area contributed by atoms with Gasteiger partial charge in [0.2, 0.25) is 0 Å². The molecule has 0 amide bonds. The third-order valence-electron chi connectivity index (χ3n) is 2.98. The van der Waals surface area contributed by atoms with Crippen LogP contribution in [0.2, 0.25) is 0 Å². The summed E-state index contributed by atoms with van der Waals surface area (Å²) in [4.78, 5) is 4.31. The monoisotopic (exact) mass is 221 g/mol. The van der Waals surface area contributed by atoms with Crippen molar-refractivity contribution in [3.8, 4) is 11.1 Å². The Morgan fingerprint density at radius 1 is 1.06 bits per heavy atom. The largest absolute Gasteiger partial charge is 0.322 e. The van der Waals surface area contributed by atoms with E-state index in [-0.39, 0.29) is 0 Å². The maximum Gasteiger partial charge on any atom is 0.177 e. The smallest absolute Gasteiger partial charge is 0.177 e. The Labute approximate surface area is 101 Å². The Balaban J connectivity index is 2.15. The lowest BCUT2D eigenvalue weighted by Gasteiger charge is -2.02. The summed E-state index contributed by atoms with van der Waals surface area (Å²) in [5.74, 6) is 0. The molecule has 0 saturated heterocycles. The minimum atomic E-state index is 0.904. The van der Waals surface area contributed by atoms with Crippen LogP contribution in [0.25, 0.3) is 22.2 Å². The summed E-state index contributed by atoms with van der Waals surface area (Å²) in [6, 6.07) is 16.7. The fraction of sp³-hybridized carbons (Fsp3) is 0.133. The summed E-state index contributed by atoms with van der Waals surface area (Å²) in [7, 11) is 0. The molecule has 0 unspecified atom stereocenters. The van der Waals surface area contributed by atoms with E-state index in [4.69, 9.17) is 0 Å². The molecule has 83 valence electrons. The van der Waals surface area contributed by atoms with Crippen molar-refractivity contribution in [2.24, 2.45) is 0 Å². The second-order valence-electron chi connectivity index (χ2n) is 4.03. The van der Waals surface area contributed by atoms with E-state index in [1.165, 1.54) is 11.1 Å². The number of hydrogen-bond acceptors (Lipinski definition) is 1. The first kappa shape index (κ1) is 10.1. The maximum atomic E-state index is 4.31. The van der Waals surface area contributed by atoms with Crippen LogP contribution in [0.15, 0.2) is 48.5 Å². The fourth-order valence-electron chi connectivity index (χ4n) is 2.06. The number of nitrogens with zero attached hydrogens (tertiary/aromatic N) is 2. The van der Waals surface area contributed by atoms with Crippen molar-refractivity contribution >= 4 is 11.0 Å². The molecule has 0 bridgehead atoms. The quantitative estimate of drug-likeness (QED) is 0.647. The molecule has 3 aromatic rings. The van der Waals surface area contributed by atoms with E-state index in [0.717, 1.165) is 17.6 Å². The summed E-state index contributed by atoms with van der Waals surface area (Å²) in [5.41, 5.74) is 4.58. The van der Waals surface area contributed by atoms with Crippen LogP contribution in [-0.4, -0.2) is 9.55 Å². The van der Waals surface area contributed by atoms with Crippen LogP contribution in [0.1, 0.15) is 6.92 Å². The molecular weight excluding hydrogens is 208 g/mol. The lowest BCUT2D eigenvalue weighted by atomic mass is 10.1. The van der Waals surface area contributed by atoms with E-state index < -0.39 is 0 Å². The van der Waals surface area contributed by atoms with Crippen molar-refractivity contribution in [2.75, 3.05) is 0 Å². The van der Waals surface area contributed by atoms with Crippen LogP contribution in [0.5, 0.6) is 0 Å². The molecule has 1 aromatic heterocycles. The molecule has 0 aliphatic rings. The van der Waals surface area contributed by atoms with Crippen LogP contribution in [0, 0.1) is 6.33 Å². The Morgan fingerprint density at radius 3 is 2.65 bits per heavy atom. The van der Waals surface area contributed by atoms with Gasteiger partial charge >= 0.3 is 0 Å². The van der Waals surface area contributed by atoms with Crippen LogP contribution >= 0.6 is 0 Å². The van der Waals surface area contributed by atoms with Crippen molar-refractivity contribution in [3.05, 3.63) is 54.9 Å². The molecule has 0 N–H and O–H groups in total. The highest BCUT2D eigenvalue weighted by molar-refractivity contribution is 5.81. The van der Waals surface area contributed by atoms with E-state index in [9.17, 15) is 0 Å². The summed E-state index contributed by atoms with van der Waals surface area (Å²) in [5, 5.41) is 0. The minimum absolute atomic E-state index is 0.904. The van der Waals surface area contributed by atoms with Gasteiger partial charge in [0, 0.05) is 6.54 Å². The third-order valence-corrected chi connectivity index (χ3v) is 2.98.